The van der Waals surface area contributed by atoms with E-state index < -0.39 is 6.04 Å². The Morgan fingerprint density at radius 3 is 2.49 bits per heavy atom. The standard InChI is InChI=1S/C28H25ClFN5O4/c1-16-25(27(36)34-22-13-23(37-2)21(29)12-24(22)38-3)26(35-28(33-16)31-15-32-35)18-6-10-20(11-7-18)39-14-17-4-8-19(30)9-5-17/h4-13,15,26H,14H2,1-3H3,(H,34,36)(H,31,32,33)/t26-/m0/s1. The Bertz CT molecular complexity index is 1540. The fourth-order valence-corrected chi connectivity index (χ4v) is 4.57. The largest absolute Gasteiger partial charge is 0.495 e. The van der Waals surface area contributed by atoms with Crippen molar-refractivity contribution < 1.29 is 23.4 Å². The zero-order valence-electron chi connectivity index (χ0n) is 21.4. The third-order valence-electron chi connectivity index (χ3n) is 6.28. The Morgan fingerprint density at radius 1 is 1.08 bits per heavy atom. The van der Waals surface area contributed by atoms with Gasteiger partial charge >= 0.3 is 0 Å². The van der Waals surface area contributed by atoms with Crippen LogP contribution in [0.5, 0.6) is 17.2 Å². The van der Waals surface area contributed by atoms with Gasteiger partial charge in [0.25, 0.3) is 5.91 Å². The van der Waals surface area contributed by atoms with Gasteiger partial charge in [-0.15, -0.1) is 0 Å². The molecule has 0 aliphatic carbocycles. The molecule has 1 aliphatic heterocycles. The van der Waals surface area contributed by atoms with Gasteiger partial charge in [-0.1, -0.05) is 35.9 Å². The normalized spacial score (nSPS) is 14.3. The molecule has 0 unspecified atom stereocenters. The Morgan fingerprint density at radius 2 is 1.79 bits per heavy atom. The van der Waals surface area contributed by atoms with Gasteiger partial charge in [0.2, 0.25) is 5.95 Å². The van der Waals surface area contributed by atoms with E-state index >= 15 is 0 Å². The average molecular weight is 550 g/mol. The van der Waals surface area contributed by atoms with Crippen molar-refractivity contribution in [1.82, 2.24) is 14.8 Å². The summed E-state index contributed by atoms with van der Waals surface area (Å²) in [6.07, 6.45) is 1.43. The summed E-state index contributed by atoms with van der Waals surface area (Å²) >= 11 is 6.23. The Kier molecular flexibility index (Phi) is 7.38. The molecule has 0 bridgehead atoms. The number of amides is 1. The molecule has 9 nitrogen and oxygen atoms in total. The highest BCUT2D eigenvalue weighted by molar-refractivity contribution is 6.32. The van der Waals surface area contributed by atoms with E-state index in [-0.39, 0.29) is 11.7 Å². The molecule has 2 heterocycles. The third kappa shape index (κ3) is 5.37. The molecule has 5 rings (SSSR count). The molecule has 0 saturated carbocycles. The van der Waals surface area contributed by atoms with E-state index in [0.717, 1.165) is 11.1 Å². The summed E-state index contributed by atoms with van der Waals surface area (Å²) < 4.78 is 31.4. The van der Waals surface area contributed by atoms with E-state index in [0.29, 0.717) is 51.8 Å². The first-order chi connectivity index (χ1) is 18.9. The van der Waals surface area contributed by atoms with Gasteiger partial charge in [0.1, 0.15) is 42.0 Å². The van der Waals surface area contributed by atoms with Gasteiger partial charge in [-0.3, -0.25) is 4.79 Å². The number of hydrogen-bond acceptors (Lipinski definition) is 7. The van der Waals surface area contributed by atoms with Crippen molar-refractivity contribution in [3.05, 3.63) is 100 Å². The van der Waals surface area contributed by atoms with Crippen molar-refractivity contribution in [3.63, 3.8) is 0 Å². The van der Waals surface area contributed by atoms with Gasteiger partial charge < -0.3 is 24.8 Å². The molecule has 0 saturated heterocycles. The predicted octanol–water partition coefficient (Wildman–Crippen LogP) is 5.59. The molecule has 2 N–H and O–H groups in total. The summed E-state index contributed by atoms with van der Waals surface area (Å²) in [6, 6.07) is 16.1. The SMILES string of the molecule is COc1cc(NC(=O)C2=C(C)Nc3ncnn3[C@H]2c2ccc(OCc3ccc(F)cc3)cc2)c(OC)cc1Cl. The van der Waals surface area contributed by atoms with Crippen LogP contribution in [-0.2, 0) is 11.4 Å². The van der Waals surface area contributed by atoms with Crippen LogP contribution in [0.2, 0.25) is 5.02 Å². The van der Waals surface area contributed by atoms with E-state index in [1.165, 1.54) is 32.7 Å². The van der Waals surface area contributed by atoms with Crippen molar-refractivity contribution >= 4 is 29.1 Å². The molecule has 1 atom stereocenters. The second kappa shape index (κ2) is 11.0. The second-order valence-electron chi connectivity index (χ2n) is 8.72. The molecule has 200 valence electrons. The number of nitrogens with one attached hydrogen (secondary N) is 2. The number of hydrogen-bond donors (Lipinski definition) is 2. The summed E-state index contributed by atoms with van der Waals surface area (Å²) in [7, 11) is 2.98. The van der Waals surface area contributed by atoms with Gasteiger partial charge in [-0.25, -0.2) is 9.07 Å². The molecule has 1 amide bonds. The van der Waals surface area contributed by atoms with Crippen LogP contribution in [-0.4, -0.2) is 34.9 Å². The number of benzene rings is 3. The summed E-state index contributed by atoms with van der Waals surface area (Å²) in [5, 5.41) is 10.8. The van der Waals surface area contributed by atoms with Crippen molar-refractivity contribution in [2.24, 2.45) is 0 Å². The first kappa shape index (κ1) is 26.1. The van der Waals surface area contributed by atoms with Crippen LogP contribution in [0.15, 0.2) is 78.3 Å². The maximum atomic E-state index is 13.7. The first-order valence-electron chi connectivity index (χ1n) is 11.9. The van der Waals surface area contributed by atoms with Gasteiger partial charge in [-0.2, -0.15) is 10.1 Å². The first-order valence-corrected chi connectivity index (χ1v) is 12.3. The van der Waals surface area contributed by atoms with Crippen LogP contribution in [0.1, 0.15) is 24.1 Å². The monoisotopic (exact) mass is 549 g/mol. The fourth-order valence-electron chi connectivity index (χ4n) is 4.33. The predicted molar refractivity (Wildman–Crippen MR) is 145 cm³/mol. The number of rotatable bonds is 8. The molecule has 3 aromatic carbocycles. The molecular formula is C28H25ClFN5O4. The molecule has 0 spiro atoms. The van der Waals surface area contributed by atoms with Crippen LogP contribution in [0.4, 0.5) is 16.0 Å². The minimum absolute atomic E-state index is 0.291. The molecule has 1 aliphatic rings. The number of aromatic nitrogens is 3. The smallest absolute Gasteiger partial charge is 0.255 e. The topological polar surface area (TPSA) is 99.5 Å². The van der Waals surface area contributed by atoms with Crippen molar-refractivity contribution in [3.8, 4) is 17.2 Å². The zero-order chi connectivity index (χ0) is 27.5. The van der Waals surface area contributed by atoms with Crippen LogP contribution < -0.4 is 24.8 Å². The molecule has 39 heavy (non-hydrogen) atoms. The number of ether oxygens (including phenoxy) is 3. The van der Waals surface area contributed by atoms with Crippen LogP contribution >= 0.6 is 11.6 Å². The number of anilines is 2. The Balaban J connectivity index is 1.43. The number of halogens is 2. The van der Waals surface area contributed by atoms with E-state index in [1.54, 1.807) is 35.9 Å². The lowest BCUT2D eigenvalue weighted by Crippen LogP contribution is -2.31. The Labute approximate surface area is 229 Å². The molecule has 11 heteroatoms. The van der Waals surface area contributed by atoms with Crippen molar-refractivity contribution in [2.75, 3.05) is 24.9 Å². The minimum Gasteiger partial charge on any atom is -0.495 e. The summed E-state index contributed by atoms with van der Waals surface area (Å²) in [4.78, 5) is 18.0. The number of carbonyl (C=O) groups is 1. The van der Waals surface area contributed by atoms with Crippen molar-refractivity contribution in [2.45, 2.75) is 19.6 Å². The number of methoxy groups -OCH3 is 2. The highest BCUT2D eigenvalue weighted by Crippen LogP contribution is 2.39. The van der Waals surface area contributed by atoms with Crippen LogP contribution in [0.25, 0.3) is 0 Å². The van der Waals surface area contributed by atoms with E-state index in [9.17, 15) is 9.18 Å². The van der Waals surface area contributed by atoms with Gasteiger partial charge in [-0.05, 0) is 42.3 Å². The number of allylic oxidation sites excluding steroid dienone is 1. The van der Waals surface area contributed by atoms with Crippen LogP contribution in [0.3, 0.4) is 0 Å². The van der Waals surface area contributed by atoms with E-state index in [1.807, 2.05) is 24.3 Å². The quantitative estimate of drug-likeness (QED) is 0.295. The third-order valence-corrected chi connectivity index (χ3v) is 6.57. The lowest BCUT2D eigenvalue weighted by Gasteiger charge is -2.29. The van der Waals surface area contributed by atoms with Crippen LogP contribution in [0, 0.1) is 5.82 Å². The molecule has 0 radical (unpaired) electrons. The highest BCUT2D eigenvalue weighted by Gasteiger charge is 2.34. The summed E-state index contributed by atoms with van der Waals surface area (Å²) in [6.45, 7) is 2.10. The molecule has 0 fully saturated rings. The number of fused-ring (bicyclic) bond motifs is 1. The van der Waals surface area contributed by atoms with Crippen molar-refractivity contribution in [1.29, 1.82) is 0 Å². The summed E-state index contributed by atoms with van der Waals surface area (Å²) in [5.41, 5.74) is 3.09. The average Bonchev–Trinajstić information content (AvgIpc) is 3.41. The molecular weight excluding hydrogens is 525 g/mol. The Hall–Kier alpha value is -4.57. The lowest BCUT2D eigenvalue weighted by molar-refractivity contribution is -0.113. The highest BCUT2D eigenvalue weighted by atomic mass is 35.5. The maximum Gasteiger partial charge on any atom is 0.255 e. The van der Waals surface area contributed by atoms with E-state index in [2.05, 4.69) is 20.7 Å². The second-order valence-corrected chi connectivity index (χ2v) is 9.13. The number of carbonyl (C=O) groups excluding carboxylic acids is 1. The molecule has 1 aromatic heterocycles. The summed E-state index contributed by atoms with van der Waals surface area (Å²) in [5.74, 6) is 1.25. The van der Waals surface area contributed by atoms with Gasteiger partial charge in [0.15, 0.2) is 0 Å². The van der Waals surface area contributed by atoms with E-state index in [4.69, 9.17) is 25.8 Å². The molecule has 4 aromatic rings. The zero-order valence-corrected chi connectivity index (χ0v) is 22.1. The minimum atomic E-state index is -0.574. The number of nitrogens with zero attached hydrogens (tertiary/aromatic N) is 3. The lowest BCUT2D eigenvalue weighted by atomic mass is 9.95. The maximum absolute atomic E-state index is 13.7. The van der Waals surface area contributed by atoms with Gasteiger partial charge in [0, 0.05) is 17.8 Å². The van der Waals surface area contributed by atoms with Gasteiger partial charge in [0.05, 0.1) is 30.5 Å². The fraction of sp³-hybridized carbons (Fsp3) is 0.179.